The molecule has 3 aromatic rings. The van der Waals surface area contributed by atoms with Gasteiger partial charge in [-0.25, -0.2) is 9.97 Å². The zero-order chi connectivity index (χ0) is 22.5. The highest BCUT2D eigenvalue weighted by Crippen LogP contribution is 2.28. The number of pyridine rings is 2. The number of carbonyl (C=O) groups excluding carboxylic acids is 1. The smallest absolute Gasteiger partial charge is 0.276 e. The van der Waals surface area contributed by atoms with Gasteiger partial charge in [-0.15, -0.1) is 0 Å². The van der Waals surface area contributed by atoms with Crippen LogP contribution < -0.4 is 26.4 Å². The summed E-state index contributed by atoms with van der Waals surface area (Å²) in [5.41, 5.74) is 15.0. The Hall–Kier alpha value is -3.79. The third-order valence-electron chi connectivity index (χ3n) is 5.15. The Morgan fingerprint density at radius 3 is 2.88 bits per heavy atom. The van der Waals surface area contributed by atoms with Crippen molar-refractivity contribution in [3.05, 3.63) is 48.7 Å². The first-order chi connectivity index (χ1) is 15.5. The van der Waals surface area contributed by atoms with E-state index in [0.717, 1.165) is 31.6 Å². The Morgan fingerprint density at radius 1 is 1.19 bits per heavy atom. The summed E-state index contributed by atoms with van der Waals surface area (Å²) in [4.78, 5) is 32.4. The topological polar surface area (TPSA) is 145 Å². The Morgan fingerprint density at radius 2 is 2.06 bits per heavy atom. The van der Waals surface area contributed by atoms with Gasteiger partial charge in [0, 0.05) is 25.3 Å². The number of carbonyl (C=O) groups is 1. The number of rotatable bonds is 6. The monoisotopic (exact) mass is 434 g/mol. The molecule has 0 unspecified atom stereocenters. The molecule has 0 aromatic carbocycles. The molecule has 10 nitrogen and oxygen atoms in total. The minimum Gasteiger partial charge on any atom is -0.477 e. The van der Waals surface area contributed by atoms with Gasteiger partial charge in [0.1, 0.15) is 5.69 Å². The second-order valence-corrected chi connectivity index (χ2v) is 7.51. The van der Waals surface area contributed by atoms with Crippen molar-refractivity contribution < 1.29 is 9.53 Å². The lowest BCUT2D eigenvalue weighted by atomic mass is 10.1. The number of anilines is 3. The van der Waals surface area contributed by atoms with Gasteiger partial charge in [-0.1, -0.05) is 0 Å². The minimum atomic E-state index is -0.436. The van der Waals surface area contributed by atoms with Crippen molar-refractivity contribution in [3.8, 4) is 17.3 Å². The summed E-state index contributed by atoms with van der Waals surface area (Å²) < 4.78 is 5.40. The number of amides is 1. The van der Waals surface area contributed by atoms with E-state index in [9.17, 15) is 4.79 Å². The zero-order valence-electron chi connectivity index (χ0n) is 17.9. The van der Waals surface area contributed by atoms with Crippen LogP contribution in [0.1, 0.15) is 30.3 Å². The molecule has 10 heteroatoms. The molecule has 1 saturated heterocycles. The second kappa shape index (κ2) is 9.56. The molecule has 1 aliphatic rings. The van der Waals surface area contributed by atoms with E-state index in [1.54, 1.807) is 30.7 Å². The third kappa shape index (κ3) is 4.75. The summed E-state index contributed by atoms with van der Waals surface area (Å²) in [7, 11) is 0. The van der Waals surface area contributed by atoms with E-state index in [1.807, 2.05) is 13.0 Å². The number of aromatic nitrogens is 4. The quantitative estimate of drug-likeness (QED) is 0.531. The van der Waals surface area contributed by atoms with E-state index in [1.165, 1.54) is 6.20 Å². The fourth-order valence-corrected chi connectivity index (χ4v) is 3.65. The third-order valence-corrected chi connectivity index (χ3v) is 5.15. The van der Waals surface area contributed by atoms with E-state index in [0.29, 0.717) is 29.6 Å². The summed E-state index contributed by atoms with van der Waals surface area (Å²) in [5.74, 6) is -0.0526. The highest BCUT2D eigenvalue weighted by Gasteiger charge is 2.21. The summed E-state index contributed by atoms with van der Waals surface area (Å²) in [6, 6.07) is 5.29. The molecule has 1 aliphatic heterocycles. The molecule has 0 radical (unpaired) electrons. The molecule has 1 amide bonds. The second-order valence-electron chi connectivity index (χ2n) is 7.51. The molecule has 166 valence electrons. The van der Waals surface area contributed by atoms with E-state index in [2.05, 4.69) is 30.2 Å². The summed E-state index contributed by atoms with van der Waals surface area (Å²) in [5, 5.41) is 2.90. The molecule has 4 heterocycles. The number of nitrogens with zero attached hydrogens (tertiary/aromatic N) is 5. The van der Waals surface area contributed by atoms with Crippen LogP contribution in [-0.2, 0) is 0 Å². The average Bonchev–Trinajstić information content (AvgIpc) is 2.80. The lowest BCUT2D eigenvalue weighted by molar-refractivity contribution is 0.102. The van der Waals surface area contributed by atoms with E-state index in [4.69, 9.17) is 16.2 Å². The molecule has 0 bridgehead atoms. The Bertz CT molecular complexity index is 1110. The van der Waals surface area contributed by atoms with Gasteiger partial charge >= 0.3 is 0 Å². The largest absolute Gasteiger partial charge is 0.477 e. The van der Waals surface area contributed by atoms with Crippen LogP contribution in [-0.4, -0.2) is 51.6 Å². The number of hydrogen-bond donors (Lipinski definition) is 3. The highest BCUT2D eigenvalue weighted by atomic mass is 16.5. The molecule has 3 aromatic heterocycles. The van der Waals surface area contributed by atoms with E-state index in [-0.39, 0.29) is 17.4 Å². The van der Waals surface area contributed by atoms with Gasteiger partial charge in [-0.05, 0) is 38.0 Å². The molecule has 4 rings (SSSR count). The first-order valence-corrected chi connectivity index (χ1v) is 10.5. The van der Waals surface area contributed by atoms with Crippen molar-refractivity contribution in [2.24, 2.45) is 5.73 Å². The first-order valence-electron chi connectivity index (χ1n) is 10.5. The molecular weight excluding hydrogens is 408 g/mol. The van der Waals surface area contributed by atoms with Crippen molar-refractivity contribution in [1.82, 2.24) is 19.9 Å². The maximum absolute atomic E-state index is 13.1. The summed E-state index contributed by atoms with van der Waals surface area (Å²) in [6.07, 6.45) is 8.38. The van der Waals surface area contributed by atoms with Crippen LogP contribution in [0.3, 0.4) is 0 Å². The van der Waals surface area contributed by atoms with Gasteiger partial charge in [-0.2, -0.15) is 0 Å². The van der Waals surface area contributed by atoms with Crippen molar-refractivity contribution in [2.45, 2.75) is 25.8 Å². The van der Waals surface area contributed by atoms with Crippen LogP contribution in [0.15, 0.2) is 43.0 Å². The Kier molecular flexibility index (Phi) is 6.41. The molecule has 5 N–H and O–H groups in total. The van der Waals surface area contributed by atoms with E-state index < -0.39 is 5.91 Å². The number of ether oxygens (including phenoxy) is 1. The van der Waals surface area contributed by atoms with Crippen molar-refractivity contribution in [1.29, 1.82) is 0 Å². The van der Waals surface area contributed by atoms with Crippen LogP contribution in [0.5, 0.6) is 5.88 Å². The predicted octanol–water partition coefficient (Wildman–Crippen LogP) is 2.09. The normalized spacial score (nSPS) is 15.9. The van der Waals surface area contributed by atoms with Gasteiger partial charge in [-0.3, -0.25) is 14.8 Å². The standard InChI is InChI=1S/C22H26N8O2/c1-2-32-20-12-26-10-17(27-20)16-6-5-15(24)21(28-16)22(31)29-18-11-25-8-7-19(18)30-9-3-4-14(23)13-30/h5-8,10-12,14H,2-4,9,13,23-24H2,1H3,(H,29,31)/t14-/m0/s1. The maximum atomic E-state index is 13.1. The Balaban J connectivity index is 1.60. The van der Waals surface area contributed by atoms with Crippen LogP contribution in [0.2, 0.25) is 0 Å². The molecule has 32 heavy (non-hydrogen) atoms. The molecule has 1 fully saturated rings. The van der Waals surface area contributed by atoms with Gasteiger partial charge in [0.15, 0.2) is 5.69 Å². The first kappa shape index (κ1) is 21.4. The van der Waals surface area contributed by atoms with E-state index >= 15 is 0 Å². The fourth-order valence-electron chi connectivity index (χ4n) is 3.65. The van der Waals surface area contributed by atoms with Crippen LogP contribution in [0, 0.1) is 0 Å². The zero-order valence-corrected chi connectivity index (χ0v) is 17.9. The summed E-state index contributed by atoms with van der Waals surface area (Å²) >= 11 is 0. The molecular formula is C22H26N8O2. The average molecular weight is 435 g/mol. The number of nitrogens with one attached hydrogen (secondary N) is 1. The molecule has 1 atom stereocenters. The lowest BCUT2D eigenvalue weighted by Gasteiger charge is -2.33. The van der Waals surface area contributed by atoms with Crippen molar-refractivity contribution >= 4 is 23.0 Å². The minimum absolute atomic E-state index is 0.0938. The number of piperidine rings is 1. The number of nitrogen functional groups attached to an aromatic ring is 1. The Labute approximate surface area is 186 Å². The van der Waals surface area contributed by atoms with Gasteiger partial charge in [0.2, 0.25) is 5.88 Å². The number of nitrogens with two attached hydrogens (primary N) is 2. The predicted molar refractivity (Wildman–Crippen MR) is 122 cm³/mol. The van der Waals surface area contributed by atoms with Gasteiger partial charge in [0.25, 0.3) is 5.91 Å². The van der Waals surface area contributed by atoms with Gasteiger partial charge < -0.3 is 26.4 Å². The van der Waals surface area contributed by atoms with Crippen LogP contribution >= 0.6 is 0 Å². The van der Waals surface area contributed by atoms with Crippen LogP contribution in [0.25, 0.3) is 11.4 Å². The summed E-state index contributed by atoms with van der Waals surface area (Å²) in [6.45, 7) is 3.92. The molecule has 0 aliphatic carbocycles. The van der Waals surface area contributed by atoms with Crippen molar-refractivity contribution in [2.75, 3.05) is 35.6 Å². The van der Waals surface area contributed by atoms with Crippen molar-refractivity contribution in [3.63, 3.8) is 0 Å². The molecule has 0 spiro atoms. The number of hydrogen-bond acceptors (Lipinski definition) is 9. The fraction of sp³-hybridized carbons (Fsp3) is 0.318. The maximum Gasteiger partial charge on any atom is 0.276 e. The lowest BCUT2D eigenvalue weighted by Crippen LogP contribution is -2.43. The SMILES string of the molecule is CCOc1cncc(-c2ccc(N)c(C(=O)Nc3cnccc3N3CCC[C@H](N)C3)n2)n1. The van der Waals surface area contributed by atoms with Crippen LogP contribution in [0.4, 0.5) is 17.1 Å². The van der Waals surface area contributed by atoms with Gasteiger partial charge in [0.05, 0.1) is 48.0 Å². The molecule has 0 saturated carbocycles. The highest BCUT2D eigenvalue weighted by molar-refractivity contribution is 6.07.